The summed E-state index contributed by atoms with van der Waals surface area (Å²) in [4.78, 5) is 11.3. The molecule has 0 spiro atoms. The van der Waals surface area contributed by atoms with Gasteiger partial charge in [-0.2, -0.15) is 5.10 Å². The van der Waals surface area contributed by atoms with Crippen LogP contribution in [0.2, 0.25) is 0 Å². The second-order valence-corrected chi connectivity index (χ2v) is 4.29. The van der Waals surface area contributed by atoms with Gasteiger partial charge in [0.1, 0.15) is 0 Å². The molecule has 0 radical (unpaired) electrons. The highest BCUT2D eigenvalue weighted by Gasteiger charge is 2.03. The molecule has 0 saturated heterocycles. The molecule has 0 aliphatic rings. The zero-order valence-electron chi connectivity index (χ0n) is 7.68. The fourth-order valence-electron chi connectivity index (χ4n) is 1.62. The van der Waals surface area contributed by atoms with Gasteiger partial charge in [0, 0.05) is 21.5 Å². The van der Waals surface area contributed by atoms with Gasteiger partial charge in [0.05, 0.1) is 10.9 Å². The molecule has 0 aliphatic carbocycles. The Labute approximate surface area is 89.0 Å². The van der Waals surface area contributed by atoms with Gasteiger partial charge >= 0.3 is 0 Å². The molecule has 3 rings (SSSR count). The van der Waals surface area contributed by atoms with E-state index in [0.29, 0.717) is 0 Å². The lowest BCUT2D eigenvalue weighted by Crippen LogP contribution is -1.99. The molecule has 0 bridgehead atoms. The summed E-state index contributed by atoms with van der Waals surface area (Å²) in [6.07, 6.45) is 1.64. The average molecular weight is 214 g/mol. The number of fused-ring (bicyclic) bond motifs is 3. The lowest BCUT2D eigenvalue weighted by Gasteiger charge is -1.85. The van der Waals surface area contributed by atoms with Crippen LogP contribution in [0.5, 0.6) is 0 Å². The maximum Gasteiger partial charge on any atom is 0.288 e. The Morgan fingerprint density at radius 3 is 2.87 bits per heavy atom. The van der Waals surface area contributed by atoms with Crippen LogP contribution in [-0.2, 0) is 0 Å². The van der Waals surface area contributed by atoms with E-state index >= 15 is 0 Å². The van der Waals surface area contributed by atoms with Gasteiger partial charge in [-0.25, -0.2) is 0 Å². The zero-order valence-corrected chi connectivity index (χ0v) is 8.49. The standard InChI is InChI=1S/C11H6N2OS/c14-11-5-8-7-3-1-2-4-9(7)15-10(8)6-12-13-11/h1-6H. The molecule has 0 N–H and O–H groups in total. The lowest BCUT2D eigenvalue weighted by molar-refractivity contribution is 1.02. The molecule has 0 aliphatic heterocycles. The summed E-state index contributed by atoms with van der Waals surface area (Å²) in [6, 6.07) is 9.54. The summed E-state index contributed by atoms with van der Waals surface area (Å²) >= 11 is 1.62. The Bertz CT molecular complexity index is 705. The maximum absolute atomic E-state index is 11.3. The van der Waals surface area contributed by atoms with Crippen molar-refractivity contribution in [2.24, 2.45) is 0 Å². The number of nitrogens with zero attached hydrogens (tertiary/aromatic N) is 2. The molecular weight excluding hydrogens is 208 g/mol. The number of hydrogen-bond acceptors (Lipinski definition) is 4. The first kappa shape index (κ1) is 8.49. The van der Waals surface area contributed by atoms with Gasteiger partial charge in [0.2, 0.25) is 0 Å². The number of hydrogen-bond donors (Lipinski definition) is 0. The molecule has 3 nitrogen and oxygen atoms in total. The van der Waals surface area contributed by atoms with Crippen molar-refractivity contribution in [1.29, 1.82) is 0 Å². The van der Waals surface area contributed by atoms with Crippen molar-refractivity contribution in [2.45, 2.75) is 0 Å². The third kappa shape index (κ3) is 1.30. The fourth-order valence-corrected chi connectivity index (χ4v) is 2.67. The van der Waals surface area contributed by atoms with Crippen molar-refractivity contribution in [3.63, 3.8) is 0 Å². The lowest BCUT2D eigenvalue weighted by atomic mass is 10.2. The molecule has 0 fully saturated rings. The van der Waals surface area contributed by atoms with Crippen LogP contribution >= 0.6 is 11.3 Å². The molecule has 4 heteroatoms. The van der Waals surface area contributed by atoms with Gasteiger partial charge in [-0.3, -0.25) is 4.79 Å². The molecule has 1 aromatic carbocycles. The van der Waals surface area contributed by atoms with E-state index in [0.717, 1.165) is 15.5 Å². The second-order valence-electron chi connectivity index (χ2n) is 3.20. The van der Waals surface area contributed by atoms with E-state index in [1.807, 2.05) is 24.3 Å². The van der Waals surface area contributed by atoms with Crippen LogP contribution in [0.1, 0.15) is 0 Å². The molecule has 72 valence electrons. The molecule has 3 aromatic rings. The molecule has 2 heterocycles. The number of thiophene rings is 1. The van der Waals surface area contributed by atoms with Crippen molar-refractivity contribution >= 4 is 31.5 Å². The largest absolute Gasteiger partial charge is 0.288 e. The van der Waals surface area contributed by atoms with Crippen molar-refractivity contribution in [2.75, 3.05) is 0 Å². The van der Waals surface area contributed by atoms with E-state index in [-0.39, 0.29) is 5.56 Å². The van der Waals surface area contributed by atoms with Gasteiger partial charge in [0.15, 0.2) is 0 Å². The Hall–Kier alpha value is -1.81. The number of aromatic nitrogens is 2. The first-order chi connectivity index (χ1) is 7.34. The highest BCUT2D eigenvalue weighted by atomic mass is 32.1. The quantitative estimate of drug-likeness (QED) is 0.576. The van der Waals surface area contributed by atoms with Crippen molar-refractivity contribution in [1.82, 2.24) is 10.2 Å². The molecule has 2 aromatic heterocycles. The van der Waals surface area contributed by atoms with Crippen LogP contribution in [0.25, 0.3) is 20.2 Å². The molecular formula is C11H6N2OS. The van der Waals surface area contributed by atoms with Crippen LogP contribution in [0.3, 0.4) is 0 Å². The zero-order chi connectivity index (χ0) is 10.3. The summed E-state index contributed by atoms with van der Waals surface area (Å²) in [6.45, 7) is 0. The molecule has 15 heavy (non-hydrogen) atoms. The van der Waals surface area contributed by atoms with Gasteiger partial charge in [-0.05, 0) is 6.07 Å². The third-order valence-electron chi connectivity index (χ3n) is 2.26. The highest BCUT2D eigenvalue weighted by Crippen LogP contribution is 2.31. The van der Waals surface area contributed by atoms with Gasteiger partial charge in [-0.1, -0.05) is 18.2 Å². The Kier molecular flexibility index (Phi) is 1.76. The fraction of sp³-hybridized carbons (Fsp3) is 0. The number of benzene rings is 1. The van der Waals surface area contributed by atoms with E-state index in [9.17, 15) is 4.79 Å². The van der Waals surface area contributed by atoms with Crippen LogP contribution in [-0.4, -0.2) is 10.2 Å². The monoisotopic (exact) mass is 214 g/mol. The van der Waals surface area contributed by atoms with Crippen molar-refractivity contribution in [3.05, 3.63) is 46.9 Å². The number of rotatable bonds is 0. The molecule has 0 amide bonds. The summed E-state index contributed by atoms with van der Waals surface area (Å²) in [7, 11) is 0. The van der Waals surface area contributed by atoms with Gasteiger partial charge < -0.3 is 0 Å². The van der Waals surface area contributed by atoms with E-state index in [4.69, 9.17) is 0 Å². The Balaban J connectivity index is 2.65. The van der Waals surface area contributed by atoms with Crippen LogP contribution in [0.15, 0.2) is 41.3 Å². The molecule has 0 unspecified atom stereocenters. The van der Waals surface area contributed by atoms with Crippen LogP contribution in [0.4, 0.5) is 0 Å². The topological polar surface area (TPSA) is 42.9 Å². The SMILES string of the molecule is O=c1cc2c(cnn1)sc1ccccc12. The van der Waals surface area contributed by atoms with E-state index < -0.39 is 0 Å². The predicted octanol–water partition coefficient (Wildman–Crippen LogP) is 2.20. The summed E-state index contributed by atoms with van der Waals surface area (Å²) in [5.74, 6) is 0. The molecule has 0 atom stereocenters. The predicted molar refractivity (Wildman–Crippen MR) is 61.2 cm³/mol. The third-order valence-corrected chi connectivity index (χ3v) is 3.38. The van der Waals surface area contributed by atoms with E-state index in [2.05, 4.69) is 10.2 Å². The Morgan fingerprint density at radius 2 is 1.93 bits per heavy atom. The minimum absolute atomic E-state index is 0.298. The normalized spacial score (nSPS) is 10.9. The van der Waals surface area contributed by atoms with E-state index in [1.54, 1.807) is 23.6 Å². The van der Waals surface area contributed by atoms with Crippen molar-refractivity contribution in [3.8, 4) is 0 Å². The second kappa shape index (κ2) is 3.10. The van der Waals surface area contributed by atoms with Crippen LogP contribution in [0, 0.1) is 0 Å². The molecule has 0 saturated carbocycles. The van der Waals surface area contributed by atoms with Gasteiger partial charge in [-0.15, -0.1) is 16.4 Å². The van der Waals surface area contributed by atoms with Crippen LogP contribution < -0.4 is 5.56 Å². The van der Waals surface area contributed by atoms with Crippen molar-refractivity contribution < 1.29 is 0 Å². The Morgan fingerprint density at radius 1 is 1.07 bits per heavy atom. The minimum atomic E-state index is -0.298. The van der Waals surface area contributed by atoms with Gasteiger partial charge in [0.25, 0.3) is 5.56 Å². The summed E-state index contributed by atoms with van der Waals surface area (Å²) < 4.78 is 2.16. The van der Waals surface area contributed by atoms with E-state index in [1.165, 1.54) is 4.70 Å². The smallest absolute Gasteiger partial charge is 0.266 e. The average Bonchev–Trinajstić information content (AvgIpc) is 2.47. The highest BCUT2D eigenvalue weighted by molar-refractivity contribution is 7.25. The minimum Gasteiger partial charge on any atom is -0.266 e. The summed E-state index contributed by atoms with van der Waals surface area (Å²) in [5.41, 5.74) is -0.298. The summed E-state index contributed by atoms with van der Waals surface area (Å²) in [5, 5.41) is 9.24. The first-order valence-corrected chi connectivity index (χ1v) is 5.30. The maximum atomic E-state index is 11.3. The first-order valence-electron chi connectivity index (χ1n) is 4.49.